The van der Waals surface area contributed by atoms with Crippen LogP contribution in [0.5, 0.6) is 0 Å². The molecule has 0 aliphatic carbocycles. The SMILES string of the molecule is Cc1c(-c2ccc(C(F)(F)F)cc2)sc(-c2ccc(C(F)(F)F)cc2)c1N. The van der Waals surface area contributed by atoms with Crippen molar-refractivity contribution in [2.24, 2.45) is 0 Å². The number of halogens is 6. The quantitative estimate of drug-likeness (QED) is 0.459. The zero-order valence-corrected chi connectivity index (χ0v) is 14.7. The van der Waals surface area contributed by atoms with Crippen molar-refractivity contribution in [1.29, 1.82) is 0 Å². The number of nitrogen functional groups attached to an aromatic ring is 1. The molecule has 0 unspecified atom stereocenters. The number of alkyl halides is 6. The molecule has 3 rings (SSSR count). The number of hydrogen-bond donors (Lipinski definition) is 1. The molecule has 0 spiro atoms. The Bertz CT molecular complexity index is 872. The van der Waals surface area contributed by atoms with Crippen LogP contribution in [-0.4, -0.2) is 0 Å². The zero-order chi connectivity index (χ0) is 20.0. The Labute approximate surface area is 155 Å². The summed E-state index contributed by atoms with van der Waals surface area (Å²) in [6.45, 7) is 1.73. The normalized spacial score (nSPS) is 12.4. The predicted octanol–water partition coefficient (Wildman–Crippen LogP) is 7.01. The smallest absolute Gasteiger partial charge is 0.397 e. The topological polar surface area (TPSA) is 26.0 Å². The van der Waals surface area contributed by atoms with Crippen molar-refractivity contribution in [3.8, 4) is 20.9 Å². The Morgan fingerprint density at radius 2 is 1.04 bits per heavy atom. The number of hydrogen-bond acceptors (Lipinski definition) is 2. The van der Waals surface area contributed by atoms with E-state index in [1.807, 2.05) is 0 Å². The van der Waals surface area contributed by atoms with Gasteiger partial charge in [0.15, 0.2) is 0 Å². The molecule has 0 aliphatic heterocycles. The van der Waals surface area contributed by atoms with Gasteiger partial charge in [-0.15, -0.1) is 11.3 Å². The first-order valence-corrected chi connectivity index (χ1v) is 8.54. The molecule has 1 aromatic heterocycles. The molecule has 0 aliphatic rings. The number of anilines is 1. The Balaban J connectivity index is 1.99. The van der Waals surface area contributed by atoms with Gasteiger partial charge in [-0.05, 0) is 47.9 Å². The molecular formula is C19H13F6NS. The first kappa shape index (κ1) is 19.3. The molecular weight excluding hydrogens is 388 g/mol. The lowest BCUT2D eigenvalue weighted by Crippen LogP contribution is -2.04. The van der Waals surface area contributed by atoms with Crippen LogP contribution in [0.3, 0.4) is 0 Å². The average Bonchev–Trinajstić information content (AvgIpc) is 2.89. The number of rotatable bonds is 2. The molecule has 0 atom stereocenters. The summed E-state index contributed by atoms with van der Waals surface area (Å²) in [5, 5.41) is 0. The first-order chi connectivity index (χ1) is 12.5. The summed E-state index contributed by atoms with van der Waals surface area (Å²) in [4.78, 5) is 1.26. The zero-order valence-electron chi connectivity index (χ0n) is 13.9. The Hall–Kier alpha value is -2.48. The van der Waals surface area contributed by atoms with Gasteiger partial charge < -0.3 is 5.73 Å². The standard InChI is InChI=1S/C19H13F6NS/c1-10-15(26)17(12-4-8-14(9-5-12)19(23,24)25)27-16(10)11-2-6-13(7-3-11)18(20,21)22/h2-9H,26H2,1H3. The van der Waals surface area contributed by atoms with Gasteiger partial charge in [0.25, 0.3) is 0 Å². The maximum Gasteiger partial charge on any atom is 0.416 e. The van der Waals surface area contributed by atoms with Crippen LogP contribution in [0, 0.1) is 6.92 Å². The lowest BCUT2D eigenvalue weighted by atomic mass is 10.0. The number of thiophene rings is 1. The highest BCUT2D eigenvalue weighted by molar-refractivity contribution is 7.19. The van der Waals surface area contributed by atoms with Gasteiger partial charge in [0.05, 0.1) is 21.7 Å². The van der Waals surface area contributed by atoms with Crippen LogP contribution in [0.1, 0.15) is 16.7 Å². The van der Waals surface area contributed by atoms with Gasteiger partial charge in [0, 0.05) is 4.88 Å². The monoisotopic (exact) mass is 401 g/mol. The molecule has 2 N–H and O–H groups in total. The molecule has 0 amide bonds. The summed E-state index contributed by atoms with van der Waals surface area (Å²) in [6.07, 6.45) is -8.85. The predicted molar refractivity (Wildman–Crippen MR) is 94.3 cm³/mol. The second-order valence-electron chi connectivity index (χ2n) is 5.95. The van der Waals surface area contributed by atoms with E-state index in [1.54, 1.807) is 6.92 Å². The fourth-order valence-electron chi connectivity index (χ4n) is 2.64. The Morgan fingerprint density at radius 3 is 1.41 bits per heavy atom. The van der Waals surface area contributed by atoms with Gasteiger partial charge in [-0.1, -0.05) is 24.3 Å². The minimum absolute atomic E-state index is 0.398. The van der Waals surface area contributed by atoms with Crippen molar-refractivity contribution >= 4 is 17.0 Å². The van der Waals surface area contributed by atoms with Gasteiger partial charge in [-0.3, -0.25) is 0 Å². The maximum absolute atomic E-state index is 12.7. The van der Waals surface area contributed by atoms with Crippen LogP contribution in [0.15, 0.2) is 48.5 Å². The van der Waals surface area contributed by atoms with Crippen LogP contribution in [0.25, 0.3) is 20.9 Å². The van der Waals surface area contributed by atoms with E-state index in [2.05, 4.69) is 0 Å². The van der Waals surface area contributed by atoms with Gasteiger partial charge in [0.2, 0.25) is 0 Å². The molecule has 27 heavy (non-hydrogen) atoms. The fourth-order valence-corrected chi connectivity index (χ4v) is 3.88. The molecule has 8 heteroatoms. The van der Waals surface area contributed by atoms with Crippen molar-refractivity contribution < 1.29 is 26.3 Å². The second kappa shape index (κ2) is 6.60. The fraction of sp³-hybridized carbons (Fsp3) is 0.158. The lowest BCUT2D eigenvalue weighted by molar-refractivity contribution is -0.138. The minimum atomic E-state index is -4.43. The van der Waals surface area contributed by atoms with E-state index in [1.165, 1.54) is 35.6 Å². The molecule has 0 saturated heterocycles. The third kappa shape index (κ3) is 3.80. The average molecular weight is 401 g/mol. The third-order valence-corrected chi connectivity index (χ3v) is 5.55. The van der Waals surface area contributed by atoms with Gasteiger partial charge in [-0.25, -0.2) is 0 Å². The van der Waals surface area contributed by atoms with Crippen LogP contribution in [-0.2, 0) is 12.4 Å². The second-order valence-corrected chi connectivity index (χ2v) is 6.97. The molecule has 2 aromatic carbocycles. The van der Waals surface area contributed by atoms with E-state index < -0.39 is 23.5 Å². The summed E-state index contributed by atoms with van der Waals surface area (Å²) < 4.78 is 76.2. The highest BCUT2D eigenvalue weighted by Gasteiger charge is 2.31. The molecule has 1 heterocycles. The van der Waals surface area contributed by atoms with Crippen LogP contribution < -0.4 is 5.73 Å². The van der Waals surface area contributed by atoms with E-state index in [-0.39, 0.29) is 0 Å². The molecule has 0 bridgehead atoms. The van der Waals surface area contributed by atoms with E-state index in [0.29, 0.717) is 32.1 Å². The van der Waals surface area contributed by atoms with Gasteiger partial charge >= 0.3 is 12.4 Å². The summed E-state index contributed by atoms with van der Waals surface area (Å²) >= 11 is 1.23. The van der Waals surface area contributed by atoms with Crippen LogP contribution in [0.4, 0.5) is 32.0 Å². The van der Waals surface area contributed by atoms with E-state index in [9.17, 15) is 26.3 Å². The van der Waals surface area contributed by atoms with Crippen molar-refractivity contribution in [3.63, 3.8) is 0 Å². The Kier molecular flexibility index (Phi) is 4.71. The summed E-state index contributed by atoms with van der Waals surface area (Å²) in [5.74, 6) is 0. The van der Waals surface area contributed by atoms with Gasteiger partial charge in [-0.2, -0.15) is 26.3 Å². The maximum atomic E-state index is 12.7. The van der Waals surface area contributed by atoms with E-state index in [0.717, 1.165) is 24.3 Å². The lowest BCUT2D eigenvalue weighted by Gasteiger charge is -2.07. The molecule has 142 valence electrons. The van der Waals surface area contributed by atoms with E-state index in [4.69, 9.17) is 5.73 Å². The van der Waals surface area contributed by atoms with Crippen molar-refractivity contribution in [3.05, 3.63) is 65.2 Å². The van der Waals surface area contributed by atoms with Gasteiger partial charge in [0.1, 0.15) is 0 Å². The Morgan fingerprint density at radius 1 is 0.667 bits per heavy atom. The first-order valence-electron chi connectivity index (χ1n) is 7.72. The van der Waals surface area contributed by atoms with E-state index >= 15 is 0 Å². The highest BCUT2D eigenvalue weighted by atomic mass is 32.1. The van der Waals surface area contributed by atoms with Crippen LogP contribution >= 0.6 is 11.3 Å². The van der Waals surface area contributed by atoms with Crippen molar-refractivity contribution in [2.45, 2.75) is 19.3 Å². The summed E-state index contributed by atoms with van der Waals surface area (Å²) in [7, 11) is 0. The molecule has 0 radical (unpaired) electrons. The summed E-state index contributed by atoms with van der Waals surface area (Å²) in [5.41, 5.74) is 6.75. The molecule has 0 fully saturated rings. The number of nitrogens with two attached hydrogens (primary N) is 1. The molecule has 0 saturated carbocycles. The minimum Gasteiger partial charge on any atom is -0.397 e. The molecule has 3 aromatic rings. The highest BCUT2D eigenvalue weighted by Crippen LogP contribution is 2.44. The van der Waals surface area contributed by atoms with Crippen molar-refractivity contribution in [2.75, 3.05) is 5.73 Å². The van der Waals surface area contributed by atoms with Crippen LogP contribution in [0.2, 0.25) is 0 Å². The largest absolute Gasteiger partial charge is 0.416 e. The summed E-state index contributed by atoms with van der Waals surface area (Å²) in [6, 6.07) is 9.31. The molecule has 1 nitrogen and oxygen atoms in total. The third-order valence-electron chi connectivity index (χ3n) is 4.14. The van der Waals surface area contributed by atoms with Crippen molar-refractivity contribution in [1.82, 2.24) is 0 Å². The number of benzene rings is 2.